The van der Waals surface area contributed by atoms with Crippen molar-refractivity contribution in [1.29, 1.82) is 0 Å². The maximum absolute atomic E-state index is 13.7. The number of nitrogens with one attached hydrogen (secondary N) is 1. The minimum absolute atomic E-state index is 0.0108. The van der Waals surface area contributed by atoms with Crippen LogP contribution in [-0.2, 0) is 15.8 Å². The monoisotopic (exact) mass is 574 g/mol. The van der Waals surface area contributed by atoms with E-state index >= 15 is 0 Å². The zero-order chi connectivity index (χ0) is 28.3. The molecule has 2 N–H and O–H groups in total. The molecule has 0 spiro atoms. The van der Waals surface area contributed by atoms with E-state index in [0.29, 0.717) is 16.8 Å². The highest BCUT2D eigenvalue weighted by Crippen LogP contribution is 2.36. The van der Waals surface area contributed by atoms with E-state index in [1.165, 1.54) is 35.2 Å². The Bertz CT molecular complexity index is 1500. The molecule has 4 rings (SSSR count). The van der Waals surface area contributed by atoms with Crippen molar-refractivity contribution in [3.05, 3.63) is 94.1 Å². The fourth-order valence-corrected chi connectivity index (χ4v) is 5.02. The first-order chi connectivity index (χ1) is 18.4. The lowest BCUT2D eigenvalue weighted by molar-refractivity contribution is -0.140. The summed E-state index contributed by atoms with van der Waals surface area (Å²) in [7, 11) is 0. The molecule has 0 atom stereocenters. The Labute approximate surface area is 229 Å². The van der Waals surface area contributed by atoms with Crippen molar-refractivity contribution in [1.82, 2.24) is 4.90 Å². The fraction of sp³-hybridized carbons (Fsp3) is 0.111. The van der Waals surface area contributed by atoms with Crippen LogP contribution in [0.3, 0.4) is 0 Å². The molecule has 39 heavy (non-hydrogen) atoms. The molecule has 0 saturated carbocycles. The van der Waals surface area contributed by atoms with Gasteiger partial charge in [-0.2, -0.15) is 13.2 Å². The van der Waals surface area contributed by atoms with Gasteiger partial charge in [-0.25, -0.2) is 9.18 Å². The molecule has 3 aromatic rings. The molecule has 1 fully saturated rings. The summed E-state index contributed by atoms with van der Waals surface area (Å²) in [6, 6.07) is 14.8. The van der Waals surface area contributed by atoms with Crippen molar-refractivity contribution in [3.8, 4) is 11.1 Å². The second-order valence-corrected chi connectivity index (χ2v) is 10.0. The first-order valence-corrected chi connectivity index (χ1v) is 12.5. The van der Waals surface area contributed by atoms with Crippen LogP contribution in [-0.4, -0.2) is 38.7 Å². The van der Waals surface area contributed by atoms with Gasteiger partial charge in [0, 0.05) is 18.7 Å². The number of amides is 2. The van der Waals surface area contributed by atoms with E-state index in [0.717, 1.165) is 23.9 Å². The summed E-state index contributed by atoms with van der Waals surface area (Å²) in [4.78, 5) is 37.7. The van der Waals surface area contributed by atoms with Gasteiger partial charge in [-0.3, -0.25) is 14.5 Å². The average molecular weight is 575 g/mol. The number of nitrogens with zero attached hydrogens (tertiary/aromatic N) is 1. The Morgan fingerprint density at radius 3 is 2.38 bits per heavy atom. The highest BCUT2D eigenvalue weighted by atomic mass is 32.2. The molecule has 2 amide bonds. The maximum atomic E-state index is 13.7. The van der Waals surface area contributed by atoms with Crippen LogP contribution < -0.4 is 5.32 Å². The number of carbonyl (C=O) groups excluding carboxylic acids is 2. The van der Waals surface area contributed by atoms with Gasteiger partial charge in [-0.1, -0.05) is 48.2 Å². The number of benzene rings is 3. The summed E-state index contributed by atoms with van der Waals surface area (Å²) in [5.74, 6) is -3.28. The van der Waals surface area contributed by atoms with E-state index in [4.69, 9.17) is 17.3 Å². The number of hydrogen-bond acceptors (Lipinski definition) is 5. The standard InChI is InChI=1S/C27H18F4N2O4S2/c28-21-9-6-18(14-20(21)27(29,30)31)17-3-1-2-15(12-17)13-22-24(35)33(26(38)39-22)11-10-23(34)32-19-7-4-16(5-8-19)25(36)37/h1-9,12-14H,10-11H2,(H,32,34)(H,36,37). The molecule has 1 aliphatic heterocycles. The number of aromatic carboxylic acids is 1. The number of anilines is 1. The summed E-state index contributed by atoms with van der Waals surface area (Å²) < 4.78 is 53.3. The number of carboxylic acids is 1. The van der Waals surface area contributed by atoms with E-state index in [-0.39, 0.29) is 33.3 Å². The third-order valence-corrected chi connectivity index (χ3v) is 7.02. The average Bonchev–Trinajstić information content (AvgIpc) is 3.14. The predicted molar refractivity (Wildman–Crippen MR) is 143 cm³/mol. The molecule has 1 aliphatic rings. The first-order valence-electron chi connectivity index (χ1n) is 11.3. The van der Waals surface area contributed by atoms with Crippen LogP contribution in [0.1, 0.15) is 27.9 Å². The lowest BCUT2D eigenvalue weighted by atomic mass is 10.0. The molecule has 1 saturated heterocycles. The van der Waals surface area contributed by atoms with E-state index < -0.39 is 35.3 Å². The van der Waals surface area contributed by atoms with Crippen molar-refractivity contribution in [3.63, 3.8) is 0 Å². The molecule has 3 aromatic carbocycles. The molecule has 0 aliphatic carbocycles. The van der Waals surface area contributed by atoms with Crippen molar-refractivity contribution < 1.29 is 37.1 Å². The Morgan fingerprint density at radius 2 is 1.72 bits per heavy atom. The lowest BCUT2D eigenvalue weighted by Crippen LogP contribution is -2.31. The largest absolute Gasteiger partial charge is 0.478 e. The smallest absolute Gasteiger partial charge is 0.419 e. The molecule has 200 valence electrons. The zero-order valence-electron chi connectivity index (χ0n) is 19.8. The van der Waals surface area contributed by atoms with Crippen molar-refractivity contribution in [2.75, 3.05) is 11.9 Å². The van der Waals surface area contributed by atoms with Gasteiger partial charge in [0.1, 0.15) is 10.1 Å². The number of hydrogen-bond donors (Lipinski definition) is 2. The molecule has 6 nitrogen and oxygen atoms in total. The second kappa shape index (κ2) is 11.4. The van der Waals surface area contributed by atoms with Gasteiger partial charge < -0.3 is 10.4 Å². The van der Waals surface area contributed by atoms with Crippen LogP contribution in [0.25, 0.3) is 17.2 Å². The molecule has 0 bridgehead atoms. The molecular weight excluding hydrogens is 556 g/mol. The van der Waals surface area contributed by atoms with E-state index in [9.17, 15) is 31.9 Å². The van der Waals surface area contributed by atoms with Crippen LogP contribution in [0, 0.1) is 5.82 Å². The van der Waals surface area contributed by atoms with Crippen molar-refractivity contribution in [2.24, 2.45) is 0 Å². The van der Waals surface area contributed by atoms with Crippen LogP contribution in [0.15, 0.2) is 71.6 Å². The van der Waals surface area contributed by atoms with Crippen LogP contribution in [0.4, 0.5) is 23.2 Å². The Kier molecular flexibility index (Phi) is 8.17. The van der Waals surface area contributed by atoms with Crippen LogP contribution in [0.2, 0.25) is 0 Å². The number of thioether (sulfide) groups is 1. The maximum Gasteiger partial charge on any atom is 0.419 e. The summed E-state index contributed by atoms with van der Waals surface area (Å²) in [5.41, 5.74) is 0.194. The van der Waals surface area contributed by atoms with Crippen molar-refractivity contribution in [2.45, 2.75) is 12.6 Å². The van der Waals surface area contributed by atoms with Crippen LogP contribution in [0.5, 0.6) is 0 Å². The zero-order valence-corrected chi connectivity index (χ0v) is 21.4. The van der Waals surface area contributed by atoms with Gasteiger partial charge in [0.25, 0.3) is 5.91 Å². The number of carbonyl (C=O) groups is 3. The normalized spacial score (nSPS) is 14.7. The molecule has 12 heteroatoms. The number of halogens is 4. The Morgan fingerprint density at radius 1 is 1.03 bits per heavy atom. The van der Waals surface area contributed by atoms with E-state index in [1.807, 2.05) is 0 Å². The Balaban J connectivity index is 1.43. The van der Waals surface area contributed by atoms with Gasteiger partial charge in [0.2, 0.25) is 5.91 Å². The third kappa shape index (κ3) is 6.70. The number of carboxylic acid groups (broad SMARTS) is 1. The minimum atomic E-state index is -4.84. The summed E-state index contributed by atoms with van der Waals surface area (Å²) >= 11 is 6.32. The highest BCUT2D eigenvalue weighted by molar-refractivity contribution is 8.26. The third-order valence-electron chi connectivity index (χ3n) is 5.64. The molecule has 0 unspecified atom stereocenters. The molecule has 0 aromatic heterocycles. The molecule has 0 radical (unpaired) electrons. The summed E-state index contributed by atoms with van der Waals surface area (Å²) in [5, 5.41) is 11.6. The minimum Gasteiger partial charge on any atom is -0.478 e. The molecule has 1 heterocycles. The quantitative estimate of drug-likeness (QED) is 0.192. The first kappa shape index (κ1) is 28.0. The molecular formula is C27H18F4N2O4S2. The fourth-order valence-electron chi connectivity index (χ4n) is 3.71. The predicted octanol–water partition coefficient (Wildman–Crippen LogP) is 6.44. The number of rotatable bonds is 7. The van der Waals surface area contributed by atoms with Gasteiger partial charge in [0.15, 0.2) is 0 Å². The SMILES string of the molecule is O=C(CCN1C(=O)C(=Cc2cccc(-c3ccc(F)c(C(F)(F)F)c3)c2)SC1=S)Nc1ccc(C(=O)O)cc1. The topological polar surface area (TPSA) is 86.7 Å². The number of alkyl halides is 3. The van der Waals surface area contributed by atoms with E-state index in [1.54, 1.807) is 30.3 Å². The number of thiocarbonyl (C=S) groups is 1. The second-order valence-electron chi connectivity index (χ2n) is 8.33. The van der Waals surface area contributed by atoms with Crippen molar-refractivity contribution >= 4 is 57.8 Å². The van der Waals surface area contributed by atoms with Gasteiger partial charge in [-0.15, -0.1) is 0 Å². The van der Waals surface area contributed by atoms with Gasteiger partial charge in [0.05, 0.1) is 16.0 Å². The Hall–Kier alpha value is -4.03. The highest BCUT2D eigenvalue weighted by Gasteiger charge is 2.34. The summed E-state index contributed by atoms with van der Waals surface area (Å²) in [6.45, 7) is 0.0108. The summed E-state index contributed by atoms with van der Waals surface area (Å²) in [6.07, 6.45) is -3.36. The van der Waals surface area contributed by atoms with Gasteiger partial charge in [-0.05, 0) is 65.2 Å². The van der Waals surface area contributed by atoms with Gasteiger partial charge >= 0.3 is 12.1 Å². The van der Waals surface area contributed by atoms with Crippen LogP contribution >= 0.6 is 24.0 Å². The lowest BCUT2D eigenvalue weighted by Gasteiger charge is -2.14. The van der Waals surface area contributed by atoms with E-state index in [2.05, 4.69) is 5.32 Å².